The number of aliphatic carboxylic acids is 1. The fourth-order valence-electron chi connectivity index (χ4n) is 3.21. The molecule has 0 spiro atoms. The van der Waals surface area contributed by atoms with Crippen molar-refractivity contribution in [3.63, 3.8) is 0 Å². The fraction of sp³-hybridized carbons (Fsp3) is 0.300. The van der Waals surface area contributed by atoms with Crippen molar-refractivity contribution in [3.8, 4) is 11.1 Å². The quantitative estimate of drug-likeness (QED) is 0.849. The third kappa shape index (κ3) is 2.92. The maximum Gasteiger partial charge on any atom is 0.318 e. The summed E-state index contributed by atoms with van der Waals surface area (Å²) in [6.45, 7) is 3.72. The van der Waals surface area contributed by atoms with Gasteiger partial charge in [-0.1, -0.05) is 62.4 Å². The Labute approximate surface area is 141 Å². The summed E-state index contributed by atoms with van der Waals surface area (Å²) >= 11 is 0. The van der Waals surface area contributed by atoms with Crippen LogP contribution in [0.5, 0.6) is 0 Å². The first-order valence-electron chi connectivity index (χ1n) is 8.09. The van der Waals surface area contributed by atoms with E-state index in [0.717, 1.165) is 22.3 Å². The second-order valence-corrected chi connectivity index (χ2v) is 6.42. The van der Waals surface area contributed by atoms with Crippen LogP contribution in [0.2, 0.25) is 0 Å². The van der Waals surface area contributed by atoms with Gasteiger partial charge >= 0.3 is 11.9 Å². The van der Waals surface area contributed by atoms with Crippen molar-refractivity contribution in [1.29, 1.82) is 0 Å². The Kier molecular flexibility index (Phi) is 4.38. The molecule has 0 amide bonds. The summed E-state index contributed by atoms with van der Waals surface area (Å²) in [5.41, 5.74) is 3.91. The van der Waals surface area contributed by atoms with Crippen LogP contribution in [0.15, 0.2) is 48.5 Å². The number of esters is 1. The Balaban J connectivity index is 1.94. The average Bonchev–Trinajstić information content (AvgIpc) is 2.88. The maximum atomic E-state index is 12.9. The van der Waals surface area contributed by atoms with E-state index in [1.54, 1.807) is 0 Å². The summed E-state index contributed by atoms with van der Waals surface area (Å²) in [7, 11) is 0. The van der Waals surface area contributed by atoms with E-state index in [-0.39, 0.29) is 18.3 Å². The number of carbonyl (C=O) groups is 2. The third-order valence-corrected chi connectivity index (χ3v) is 4.46. The van der Waals surface area contributed by atoms with Crippen LogP contribution in [0.4, 0.5) is 0 Å². The van der Waals surface area contributed by atoms with Crippen molar-refractivity contribution < 1.29 is 19.4 Å². The molecule has 1 aliphatic carbocycles. The monoisotopic (exact) mass is 324 g/mol. The standard InChI is InChI=1S/C20H20O4/c1-12(2)17(11-18(21)22)24-20(23)19-15-9-5-3-7-13(15)14-8-4-6-10-16(14)19/h3-10,12,17,19H,11H2,1-2H3,(H,21,22). The fourth-order valence-corrected chi connectivity index (χ4v) is 3.21. The highest BCUT2D eigenvalue weighted by atomic mass is 16.5. The molecule has 4 nitrogen and oxygen atoms in total. The van der Waals surface area contributed by atoms with Crippen LogP contribution < -0.4 is 0 Å². The molecule has 0 saturated carbocycles. The number of carbonyl (C=O) groups excluding carboxylic acids is 1. The van der Waals surface area contributed by atoms with Crippen LogP contribution in [0.1, 0.15) is 37.3 Å². The van der Waals surface area contributed by atoms with Gasteiger partial charge in [0.05, 0.1) is 6.42 Å². The molecule has 1 unspecified atom stereocenters. The zero-order chi connectivity index (χ0) is 17.3. The van der Waals surface area contributed by atoms with Crippen LogP contribution in [-0.2, 0) is 14.3 Å². The van der Waals surface area contributed by atoms with E-state index in [1.165, 1.54) is 0 Å². The second-order valence-electron chi connectivity index (χ2n) is 6.42. The molecule has 2 aromatic carbocycles. The van der Waals surface area contributed by atoms with Gasteiger partial charge in [0.2, 0.25) is 0 Å². The predicted octanol–water partition coefficient (Wildman–Crippen LogP) is 3.84. The van der Waals surface area contributed by atoms with Gasteiger partial charge in [-0.15, -0.1) is 0 Å². The highest BCUT2D eigenvalue weighted by molar-refractivity contribution is 5.93. The number of carboxylic acid groups (broad SMARTS) is 1. The van der Waals surface area contributed by atoms with Gasteiger partial charge in [0, 0.05) is 0 Å². The molecule has 2 aromatic rings. The number of hydrogen-bond donors (Lipinski definition) is 1. The molecule has 0 heterocycles. The van der Waals surface area contributed by atoms with E-state index < -0.39 is 18.0 Å². The molecule has 0 aliphatic heterocycles. The van der Waals surface area contributed by atoms with Crippen LogP contribution in [0.3, 0.4) is 0 Å². The van der Waals surface area contributed by atoms with Crippen LogP contribution >= 0.6 is 0 Å². The van der Waals surface area contributed by atoms with Gasteiger partial charge in [0.25, 0.3) is 0 Å². The number of hydrogen-bond acceptors (Lipinski definition) is 3. The highest BCUT2D eigenvalue weighted by Gasteiger charge is 2.36. The molecule has 0 bridgehead atoms. The summed E-state index contributed by atoms with van der Waals surface area (Å²) in [6.07, 6.45) is -0.811. The van der Waals surface area contributed by atoms with Gasteiger partial charge in [-0.2, -0.15) is 0 Å². The van der Waals surface area contributed by atoms with Gasteiger partial charge in [-0.05, 0) is 28.2 Å². The van der Waals surface area contributed by atoms with Crippen molar-refractivity contribution in [1.82, 2.24) is 0 Å². The number of carboxylic acids is 1. The van der Waals surface area contributed by atoms with Crippen LogP contribution in [-0.4, -0.2) is 23.1 Å². The van der Waals surface area contributed by atoms with Crippen LogP contribution in [0.25, 0.3) is 11.1 Å². The van der Waals surface area contributed by atoms with Gasteiger partial charge < -0.3 is 9.84 Å². The van der Waals surface area contributed by atoms with Gasteiger partial charge in [-0.25, -0.2) is 0 Å². The van der Waals surface area contributed by atoms with E-state index in [1.807, 2.05) is 62.4 Å². The van der Waals surface area contributed by atoms with E-state index in [9.17, 15) is 9.59 Å². The largest absolute Gasteiger partial charge is 0.481 e. The maximum absolute atomic E-state index is 12.9. The molecule has 124 valence electrons. The number of benzene rings is 2. The Bertz CT molecular complexity index is 733. The van der Waals surface area contributed by atoms with Crippen molar-refractivity contribution in [3.05, 3.63) is 59.7 Å². The molecule has 0 radical (unpaired) electrons. The molecule has 4 heteroatoms. The SMILES string of the molecule is CC(C)C(CC(=O)O)OC(=O)C1c2ccccc2-c2ccccc21. The second kappa shape index (κ2) is 6.48. The first kappa shape index (κ1) is 16.2. The number of ether oxygens (including phenoxy) is 1. The Morgan fingerprint density at radius 2 is 1.50 bits per heavy atom. The molecule has 1 N–H and O–H groups in total. The average molecular weight is 324 g/mol. The first-order valence-corrected chi connectivity index (χ1v) is 8.09. The predicted molar refractivity (Wildman–Crippen MR) is 90.7 cm³/mol. The van der Waals surface area contributed by atoms with Gasteiger partial charge in [0.15, 0.2) is 0 Å². The van der Waals surface area contributed by atoms with E-state index in [4.69, 9.17) is 9.84 Å². The van der Waals surface area contributed by atoms with E-state index in [2.05, 4.69) is 0 Å². The number of rotatable bonds is 5. The molecule has 0 aromatic heterocycles. The number of fused-ring (bicyclic) bond motifs is 3. The van der Waals surface area contributed by atoms with Gasteiger partial charge in [0.1, 0.15) is 12.0 Å². The van der Waals surface area contributed by atoms with E-state index in [0.29, 0.717) is 0 Å². The lowest BCUT2D eigenvalue weighted by Gasteiger charge is -2.22. The van der Waals surface area contributed by atoms with Crippen molar-refractivity contribution in [2.45, 2.75) is 32.3 Å². The molecule has 24 heavy (non-hydrogen) atoms. The Hall–Kier alpha value is -2.62. The summed E-state index contributed by atoms with van der Waals surface area (Å²) in [4.78, 5) is 23.9. The lowest BCUT2D eigenvalue weighted by Crippen LogP contribution is -2.29. The molecule has 0 fully saturated rings. The molecule has 1 atom stereocenters. The lowest BCUT2D eigenvalue weighted by molar-refractivity contribution is -0.155. The highest BCUT2D eigenvalue weighted by Crippen LogP contribution is 2.45. The van der Waals surface area contributed by atoms with Crippen LogP contribution in [0, 0.1) is 5.92 Å². The minimum absolute atomic E-state index is 0.0584. The summed E-state index contributed by atoms with van der Waals surface area (Å²) < 4.78 is 5.60. The molecular formula is C20H20O4. The molecule has 1 aliphatic rings. The summed E-state index contributed by atoms with van der Waals surface area (Å²) in [5, 5.41) is 9.04. The first-order chi connectivity index (χ1) is 11.5. The zero-order valence-corrected chi connectivity index (χ0v) is 13.7. The third-order valence-electron chi connectivity index (χ3n) is 4.46. The van der Waals surface area contributed by atoms with Crippen molar-refractivity contribution >= 4 is 11.9 Å². The topological polar surface area (TPSA) is 63.6 Å². The zero-order valence-electron chi connectivity index (χ0n) is 13.7. The molecule has 3 rings (SSSR count). The molecular weight excluding hydrogens is 304 g/mol. The van der Waals surface area contributed by atoms with Crippen molar-refractivity contribution in [2.24, 2.45) is 5.92 Å². The normalized spacial score (nSPS) is 14.1. The summed E-state index contributed by atoms with van der Waals surface area (Å²) in [6, 6.07) is 15.6. The van der Waals surface area contributed by atoms with Gasteiger partial charge in [-0.3, -0.25) is 9.59 Å². The minimum Gasteiger partial charge on any atom is -0.481 e. The smallest absolute Gasteiger partial charge is 0.318 e. The van der Waals surface area contributed by atoms with E-state index >= 15 is 0 Å². The minimum atomic E-state index is -0.964. The lowest BCUT2D eigenvalue weighted by atomic mass is 9.96. The molecule has 0 saturated heterocycles. The summed E-state index contributed by atoms with van der Waals surface area (Å²) in [5.74, 6) is -1.90. The Morgan fingerprint density at radius 1 is 1.00 bits per heavy atom. The van der Waals surface area contributed by atoms with Crippen molar-refractivity contribution in [2.75, 3.05) is 0 Å². The Morgan fingerprint density at radius 3 is 1.96 bits per heavy atom.